The van der Waals surface area contributed by atoms with Crippen LogP contribution in [0.15, 0.2) is 0 Å². The molecule has 1 rings (SSSR count). The Morgan fingerprint density at radius 2 is 2.16 bits per heavy atom. The lowest BCUT2D eigenvalue weighted by atomic mass is 10.1. The van der Waals surface area contributed by atoms with E-state index in [4.69, 9.17) is 5.11 Å². The number of carbonyl (C=O) groups excluding carboxylic acids is 2. The summed E-state index contributed by atoms with van der Waals surface area (Å²) in [4.78, 5) is 35.0. The van der Waals surface area contributed by atoms with Gasteiger partial charge in [-0.3, -0.25) is 4.79 Å². The van der Waals surface area contributed by atoms with Gasteiger partial charge in [-0.05, 0) is 12.8 Å². The Labute approximate surface area is 110 Å². The number of methoxy groups -OCH3 is 1. The number of carboxylic acids is 1. The summed E-state index contributed by atoms with van der Waals surface area (Å²) in [6, 6.07) is -1.70. The number of nitrogens with one attached hydrogen (secondary N) is 1. The van der Waals surface area contributed by atoms with Crippen molar-refractivity contribution in [2.45, 2.75) is 31.4 Å². The molecule has 2 atom stereocenters. The molecule has 0 aromatic carbocycles. The predicted molar refractivity (Wildman–Crippen MR) is 63.4 cm³/mol. The summed E-state index contributed by atoms with van der Waals surface area (Å²) in [7, 11) is 1.21. The smallest absolute Gasteiger partial charge is 0.326 e. The first-order valence-corrected chi connectivity index (χ1v) is 5.97. The van der Waals surface area contributed by atoms with Crippen LogP contribution in [-0.2, 0) is 14.3 Å². The summed E-state index contributed by atoms with van der Waals surface area (Å²) < 4.78 is 4.41. The van der Waals surface area contributed by atoms with E-state index in [-0.39, 0.29) is 19.4 Å². The molecule has 8 nitrogen and oxygen atoms in total. The Hall–Kier alpha value is -1.83. The van der Waals surface area contributed by atoms with Gasteiger partial charge < -0.3 is 25.2 Å². The van der Waals surface area contributed by atoms with Crippen LogP contribution in [0.3, 0.4) is 0 Å². The van der Waals surface area contributed by atoms with Crippen molar-refractivity contribution in [2.24, 2.45) is 0 Å². The maximum Gasteiger partial charge on any atom is 0.326 e. The van der Waals surface area contributed by atoms with Crippen molar-refractivity contribution in [2.75, 3.05) is 20.2 Å². The molecule has 1 aliphatic rings. The molecule has 1 unspecified atom stereocenters. The minimum Gasteiger partial charge on any atom is -0.480 e. The molecule has 1 fully saturated rings. The highest BCUT2D eigenvalue weighted by atomic mass is 16.5. The Morgan fingerprint density at radius 1 is 1.47 bits per heavy atom. The third-order valence-electron chi connectivity index (χ3n) is 2.91. The number of nitrogens with zero attached hydrogens (tertiary/aromatic N) is 1. The molecule has 3 N–H and O–H groups in total. The zero-order chi connectivity index (χ0) is 14.4. The Kier molecular flexibility index (Phi) is 5.56. The zero-order valence-electron chi connectivity index (χ0n) is 10.7. The van der Waals surface area contributed by atoms with E-state index in [9.17, 15) is 19.5 Å². The van der Waals surface area contributed by atoms with Crippen LogP contribution in [0.25, 0.3) is 0 Å². The van der Waals surface area contributed by atoms with Crippen LogP contribution in [-0.4, -0.2) is 65.4 Å². The van der Waals surface area contributed by atoms with Crippen molar-refractivity contribution in [3.05, 3.63) is 0 Å². The monoisotopic (exact) mass is 274 g/mol. The summed E-state index contributed by atoms with van der Waals surface area (Å²) in [6.45, 7) is 0.575. The number of ether oxygens (including phenoxy) is 1. The Bertz CT molecular complexity index is 359. The van der Waals surface area contributed by atoms with Crippen molar-refractivity contribution < 1.29 is 29.3 Å². The highest BCUT2D eigenvalue weighted by Gasteiger charge is 2.28. The largest absolute Gasteiger partial charge is 0.480 e. The van der Waals surface area contributed by atoms with E-state index < -0.39 is 30.1 Å². The molecule has 0 aromatic rings. The normalized spacial score (nSPS) is 19.9. The number of likely N-dealkylation sites (tertiary alicyclic amines) is 1. The third kappa shape index (κ3) is 4.74. The fraction of sp³-hybridized carbons (Fsp3) is 0.727. The van der Waals surface area contributed by atoms with Gasteiger partial charge in [-0.25, -0.2) is 9.59 Å². The molecule has 2 amide bonds. The van der Waals surface area contributed by atoms with E-state index in [2.05, 4.69) is 10.1 Å². The number of carbonyl (C=O) groups is 3. The van der Waals surface area contributed by atoms with Crippen LogP contribution in [0.4, 0.5) is 4.79 Å². The molecule has 0 spiro atoms. The fourth-order valence-electron chi connectivity index (χ4n) is 1.79. The van der Waals surface area contributed by atoms with Crippen LogP contribution in [0.5, 0.6) is 0 Å². The number of aliphatic hydroxyl groups excluding tert-OH is 1. The molecule has 1 heterocycles. The molecule has 19 heavy (non-hydrogen) atoms. The SMILES string of the molecule is COC(=O)CC[C@H](NC(=O)N1CCC(O)C1)C(=O)O. The number of rotatable bonds is 5. The van der Waals surface area contributed by atoms with Crippen LogP contribution < -0.4 is 5.32 Å². The number of aliphatic carboxylic acids is 1. The summed E-state index contributed by atoms with van der Waals surface area (Å²) in [5.41, 5.74) is 0. The van der Waals surface area contributed by atoms with Gasteiger partial charge in [0.15, 0.2) is 0 Å². The molecule has 0 aliphatic carbocycles. The van der Waals surface area contributed by atoms with Crippen LogP contribution >= 0.6 is 0 Å². The minimum absolute atomic E-state index is 0.0376. The van der Waals surface area contributed by atoms with Crippen molar-refractivity contribution in [3.8, 4) is 0 Å². The second-order valence-electron chi connectivity index (χ2n) is 4.34. The number of β-amino-alcohol motifs (C(OH)–C–C–N with tert-alkyl or cyclic N) is 1. The lowest BCUT2D eigenvalue weighted by Crippen LogP contribution is -2.47. The van der Waals surface area contributed by atoms with E-state index in [0.717, 1.165) is 0 Å². The predicted octanol–water partition coefficient (Wildman–Crippen LogP) is -0.831. The minimum atomic E-state index is -1.21. The molecular weight excluding hydrogens is 256 g/mol. The number of hydrogen-bond acceptors (Lipinski definition) is 5. The molecular formula is C11H18N2O6. The van der Waals surface area contributed by atoms with Gasteiger partial charge in [-0.2, -0.15) is 0 Å². The molecule has 108 valence electrons. The number of amides is 2. The van der Waals surface area contributed by atoms with Gasteiger partial charge >= 0.3 is 18.0 Å². The second-order valence-corrected chi connectivity index (χ2v) is 4.34. The first kappa shape index (κ1) is 15.2. The van der Waals surface area contributed by atoms with Crippen molar-refractivity contribution >= 4 is 18.0 Å². The quantitative estimate of drug-likeness (QED) is 0.563. The lowest BCUT2D eigenvalue weighted by molar-refractivity contribution is -0.142. The number of hydrogen-bond donors (Lipinski definition) is 3. The summed E-state index contributed by atoms with van der Waals surface area (Å²) in [5.74, 6) is -1.74. The molecule has 1 aliphatic heterocycles. The molecule has 0 saturated carbocycles. The molecule has 0 aromatic heterocycles. The van der Waals surface area contributed by atoms with Crippen LogP contribution in [0.1, 0.15) is 19.3 Å². The Morgan fingerprint density at radius 3 is 2.63 bits per heavy atom. The topological polar surface area (TPSA) is 116 Å². The summed E-state index contributed by atoms with van der Waals surface area (Å²) in [5, 5.41) is 20.6. The number of carboxylic acid groups (broad SMARTS) is 1. The maximum atomic E-state index is 11.7. The molecule has 0 bridgehead atoms. The van der Waals surface area contributed by atoms with Crippen molar-refractivity contribution in [3.63, 3.8) is 0 Å². The average Bonchev–Trinajstić information content (AvgIpc) is 2.80. The standard InChI is InChI=1S/C11H18N2O6/c1-19-9(15)3-2-8(10(16)17)12-11(18)13-5-4-7(14)6-13/h7-8,14H,2-6H2,1H3,(H,12,18)(H,16,17)/t7?,8-/m0/s1. The maximum absolute atomic E-state index is 11.7. The number of urea groups is 1. The highest BCUT2D eigenvalue weighted by molar-refractivity contribution is 5.83. The fourth-order valence-corrected chi connectivity index (χ4v) is 1.79. The van der Waals surface area contributed by atoms with Crippen molar-refractivity contribution in [1.82, 2.24) is 10.2 Å². The highest BCUT2D eigenvalue weighted by Crippen LogP contribution is 2.09. The Balaban J connectivity index is 2.46. The first-order chi connectivity index (χ1) is 8.93. The van der Waals surface area contributed by atoms with Gasteiger partial charge in [0.1, 0.15) is 6.04 Å². The average molecular weight is 274 g/mol. The number of esters is 1. The van der Waals surface area contributed by atoms with Gasteiger partial charge in [-0.1, -0.05) is 0 Å². The van der Waals surface area contributed by atoms with E-state index in [0.29, 0.717) is 13.0 Å². The van der Waals surface area contributed by atoms with E-state index >= 15 is 0 Å². The van der Waals surface area contributed by atoms with Crippen LogP contribution in [0.2, 0.25) is 0 Å². The van der Waals surface area contributed by atoms with E-state index in [1.54, 1.807) is 0 Å². The van der Waals surface area contributed by atoms with Gasteiger partial charge in [0, 0.05) is 19.5 Å². The van der Waals surface area contributed by atoms with Crippen molar-refractivity contribution in [1.29, 1.82) is 0 Å². The third-order valence-corrected chi connectivity index (χ3v) is 2.91. The second kappa shape index (κ2) is 6.93. The molecule has 1 saturated heterocycles. The van der Waals surface area contributed by atoms with E-state index in [1.165, 1.54) is 12.0 Å². The first-order valence-electron chi connectivity index (χ1n) is 5.97. The van der Waals surface area contributed by atoms with Gasteiger partial charge in [0.2, 0.25) is 0 Å². The van der Waals surface area contributed by atoms with Crippen LogP contribution in [0, 0.1) is 0 Å². The zero-order valence-corrected chi connectivity index (χ0v) is 10.7. The van der Waals surface area contributed by atoms with Gasteiger partial charge in [-0.15, -0.1) is 0 Å². The summed E-state index contributed by atoms with van der Waals surface area (Å²) >= 11 is 0. The number of aliphatic hydroxyl groups is 1. The van der Waals surface area contributed by atoms with E-state index in [1.807, 2.05) is 0 Å². The lowest BCUT2D eigenvalue weighted by Gasteiger charge is -2.20. The molecule has 0 radical (unpaired) electrons. The summed E-state index contributed by atoms with van der Waals surface area (Å²) in [6.07, 6.45) is -0.211. The van der Waals surface area contributed by atoms with Gasteiger partial charge in [0.25, 0.3) is 0 Å². The molecule has 8 heteroatoms. The van der Waals surface area contributed by atoms with Gasteiger partial charge in [0.05, 0.1) is 13.2 Å².